The lowest BCUT2D eigenvalue weighted by Crippen LogP contribution is -2.23. The Morgan fingerprint density at radius 3 is 2.08 bits per heavy atom. The fourth-order valence-electron chi connectivity index (χ4n) is 5.05. The third-order valence-corrected chi connectivity index (χ3v) is 7.14. The van der Waals surface area contributed by atoms with Crippen molar-refractivity contribution >= 4 is 23.2 Å². The molecule has 1 heterocycles. The van der Waals surface area contributed by atoms with Gasteiger partial charge in [0.15, 0.2) is 0 Å². The van der Waals surface area contributed by atoms with Gasteiger partial charge in [0.1, 0.15) is 0 Å². The Balaban J connectivity index is 1.17. The van der Waals surface area contributed by atoms with Crippen molar-refractivity contribution in [3.8, 4) is 22.3 Å². The number of nitrogen functional groups attached to an aromatic ring is 1. The van der Waals surface area contributed by atoms with Gasteiger partial charge < -0.3 is 16.0 Å². The summed E-state index contributed by atoms with van der Waals surface area (Å²) in [4.78, 5) is 27.8. The average Bonchev–Trinajstić information content (AvgIpc) is 3.30. The van der Waals surface area contributed by atoms with Crippen LogP contribution in [0.5, 0.6) is 0 Å². The van der Waals surface area contributed by atoms with E-state index in [-0.39, 0.29) is 11.8 Å². The van der Waals surface area contributed by atoms with Crippen LogP contribution in [0.15, 0.2) is 121 Å². The molecule has 190 valence electrons. The zero-order valence-corrected chi connectivity index (χ0v) is 21.3. The monoisotopic (exact) mass is 509 g/mol. The zero-order valence-electron chi connectivity index (χ0n) is 21.3. The molecule has 0 aliphatic carbocycles. The van der Waals surface area contributed by atoms with Gasteiger partial charge in [0.25, 0.3) is 11.8 Å². The molecule has 0 saturated heterocycles. The maximum atomic E-state index is 13.3. The highest BCUT2D eigenvalue weighted by Crippen LogP contribution is 2.34. The summed E-state index contributed by atoms with van der Waals surface area (Å²) in [6, 6.07) is 39.2. The number of nitrogens with zero attached hydrogens (tertiary/aromatic N) is 1. The normalized spacial score (nSPS) is 12.3. The van der Waals surface area contributed by atoms with Gasteiger partial charge in [-0.1, -0.05) is 91.0 Å². The lowest BCUT2D eigenvalue weighted by atomic mass is 9.95. The number of hydrogen-bond acceptors (Lipinski definition) is 3. The Bertz CT molecular complexity index is 1660. The predicted octanol–water partition coefficient (Wildman–Crippen LogP) is 7.01. The van der Waals surface area contributed by atoms with Crippen LogP contribution in [0, 0.1) is 0 Å². The second kappa shape index (κ2) is 10.3. The highest BCUT2D eigenvalue weighted by molar-refractivity contribution is 6.05. The molecule has 6 rings (SSSR count). The summed E-state index contributed by atoms with van der Waals surface area (Å²) in [6.45, 7) is 1.01. The minimum atomic E-state index is -0.230. The number of carbonyl (C=O) groups excluding carboxylic acids is 2. The van der Waals surface area contributed by atoms with Crippen LogP contribution in [0.25, 0.3) is 22.3 Å². The molecule has 5 aromatic rings. The van der Waals surface area contributed by atoms with Crippen LogP contribution in [0.3, 0.4) is 0 Å². The average molecular weight is 510 g/mol. The molecule has 5 aromatic carbocycles. The van der Waals surface area contributed by atoms with Gasteiger partial charge in [-0.25, -0.2) is 0 Å². The van der Waals surface area contributed by atoms with Crippen molar-refractivity contribution in [1.29, 1.82) is 0 Å². The van der Waals surface area contributed by atoms with E-state index in [0.29, 0.717) is 30.0 Å². The van der Waals surface area contributed by atoms with Crippen LogP contribution in [0.4, 0.5) is 11.4 Å². The molecule has 5 nitrogen and oxygen atoms in total. The van der Waals surface area contributed by atoms with Crippen molar-refractivity contribution in [2.24, 2.45) is 0 Å². The number of nitrogens with two attached hydrogens (primary N) is 1. The van der Waals surface area contributed by atoms with Gasteiger partial charge in [0, 0.05) is 24.2 Å². The maximum Gasteiger partial charge on any atom is 0.255 e. The first-order valence-corrected chi connectivity index (χ1v) is 12.9. The predicted molar refractivity (Wildman–Crippen MR) is 156 cm³/mol. The van der Waals surface area contributed by atoms with E-state index in [1.807, 2.05) is 59.5 Å². The van der Waals surface area contributed by atoms with Crippen LogP contribution in [-0.4, -0.2) is 16.7 Å². The van der Waals surface area contributed by atoms with E-state index >= 15 is 0 Å². The lowest BCUT2D eigenvalue weighted by Gasteiger charge is -2.16. The highest BCUT2D eigenvalue weighted by Gasteiger charge is 2.29. The van der Waals surface area contributed by atoms with Crippen LogP contribution >= 0.6 is 0 Å². The van der Waals surface area contributed by atoms with E-state index in [9.17, 15) is 9.59 Å². The van der Waals surface area contributed by atoms with Gasteiger partial charge in [-0.15, -0.1) is 0 Å². The number of amides is 2. The molecule has 2 amide bonds. The third-order valence-electron chi connectivity index (χ3n) is 7.14. The molecule has 0 unspecified atom stereocenters. The first kappa shape index (κ1) is 24.2. The van der Waals surface area contributed by atoms with Crippen molar-refractivity contribution in [2.75, 3.05) is 11.1 Å². The fourth-order valence-corrected chi connectivity index (χ4v) is 5.05. The van der Waals surface area contributed by atoms with Crippen molar-refractivity contribution in [3.05, 3.63) is 144 Å². The Hall–Kier alpha value is -5.16. The van der Waals surface area contributed by atoms with E-state index in [1.165, 1.54) is 5.56 Å². The maximum absolute atomic E-state index is 13.3. The molecule has 1 aliphatic heterocycles. The summed E-state index contributed by atoms with van der Waals surface area (Å²) in [5, 5.41) is 2.84. The number of benzene rings is 5. The third kappa shape index (κ3) is 4.90. The van der Waals surface area contributed by atoms with E-state index in [2.05, 4.69) is 47.8 Å². The van der Waals surface area contributed by atoms with Crippen LogP contribution < -0.4 is 11.1 Å². The second-order valence-electron chi connectivity index (χ2n) is 9.67. The number of hydrogen-bond donors (Lipinski definition) is 2. The molecule has 0 atom stereocenters. The number of fused-ring (bicyclic) bond motifs is 1. The largest absolute Gasteiger partial charge is 0.397 e. The molecule has 0 bridgehead atoms. The first-order chi connectivity index (χ1) is 19.1. The van der Waals surface area contributed by atoms with Gasteiger partial charge in [0.05, 0.1) is 11.4 Å². The van der Waals surface area contributed by atoms with E-state index < -0.39 is 0 Å². The Labute approximate surface area is 227 Å². The van der Waals surface area contributed by atoms with Crippen LogP contribution in [0.2, 0.25) is 0 Å². The summed E-state index contributed by atoms with van der Waals surface area (Å²) >= 11 is 0. The van der Waals surface area contributed by atoms with Gasteiger partial charge >= 0.3 is 0 Å². The van der Waals surface area contributed by atoms with E-state index in [4.69, 9.17) is 5.73 Å². The van der Waals surface area contributed by atoms with Crippen molar-refractivity contribution in [1.82, 2.24) is 4.90 Å². The Kier molecular flexibility index (Phi) is 6.39. The first-order valence-electron chi connectivity index (χ1n) is 12.9. The molecule has 3 N–H and O–H groups in total. The molecule has 0 aromatic heterocycles. The highest BCUT2D eigenvalue weighted by atomic mass is 16.2. The molecule has 0 spiro atoms. The van der Waals surface area contributed by atoms with Gasteiger partial charge in [0.2, 0.25) is 0 Å². The Morgan fingerprint density at radius 1 is 0.692 bits per heavy atom. The number of anilines is 2. The van der Waals surface area contributed by atoms with E-state index in [0.717, 1.165) is 33.4 Å². The molecule has 0 radical (unpaired) electrons. The molecule has 0 fully saturated rings. The number of nitrogens with one attached hydrogen (secondary N) is 1. The van der Waals surface area contributed by atoms with Crippen molar-refractivity contribution in [2.45, 2.75) is 13.1 Å². The second-order valence-corrected chi connectivity index (χ2v) is 9.67. The number of para-hydroxylation sites is 2. The Morgan fingerprint density at radius 2 is 1.33 bits per heavy atom. The zero-order chi connectivity index (χ0) is 26.8. The van der Waals surface area contributed by atoms with Crippen LogP contribution in [-0.2, 0) is 13.1 Å². The number of carbonyl (C=O) groups is 2. The fraction of sp³-hybridized carbons (Fsp3) is 0.0588. The molecular weight excluding hydrogens is 482 g/mol. The van der Waals surface area contributed by atoms with Gasteiger partial charge in [-0.2, -0.15) is 0 Å². The van der Waals surface area contributed by atoms with Crippen molar-refractivity contribution in [3.63, 3.8) is 0 Å². The summed E-state index contributed by atoms with van der Waals surface area (Å²) in [6.07, 6.45) is 0. The molecule has 39 heavy (non-hydrogen) atoms. The topological polar surface area (TPSA) is 75.4 Å². The standard InChI is InChI=1S/C34H27N3O2/c35-31-11-4-5-12-32(31)36-33(38)27-15-13-23(14-16-27)21-37-22-30-28(9-6-10-29(30)34(37)39)26-19-17-25(18-20-26)24-7-2-1-3-8-24/h1-20H,21-22,35H2,(H,36,38). The molecule has 0 saturated carbocycles. The summed E-state index contributed by atoms with van der Waals surface area (Å²) in [7, 11) is 0. The minimum Gasteiger partial charge on any atom is -0.397 e. The summed E-state index contributed by atoms with van der Waals surface area (Å²) in [5.74, 6) is -0.207. The molecular formula is C34H27N3O2. The molecule has 5 heteroatoms. The summed E-state index contributed by atoms with van der Waals surface area (Å²) < 4.78 is 0. The lowest BCUT2D eigenvalue weighted by molar-refractivity contribution is 0.0766. The van der Waals surface area contributed by atoms with Crippen LogP contribution in [0.1, 0.15) is 31.8 Å². The smallest absolute Gasteiger partial charge is 0.255 e. The number of rotatable bonds is 6. The SMILES string of the molecule is Nc1ccccc1NC(=O)c1ccc(CN2Cc3c(cccc3-c3ccc(-c4ccccc4)cc3)C2=O)cc1. The van der Waals surface area contributed by atoms with Crippen molar-refractivity contribution < 1.29 is 9.59 Å². The summed E-state index contributed by atoms with van der Waals surface area (Å²) in [5.41, 5.74) is 14.8. The molecule has 1 aliphatic rings. The quantitative estimate of drug-likeness (QED) is 0.242. The van der Waals surface area contributed by atoms with Gasteiger partial charge in [-0.3, -0.25) is 9.59 Å². The van der Waals surface area contributed by atoms with E-state index in [1.54, 1.807) is 24.3 Å². The van der Waals surface area contributed by atoms with Gasteiger partial charge in [-0.05, 0) is 63.7 Å². The minimum absolute atomic E-state index is 0.0223.